The number of aryl methyl sites for hydroxylation is 2. The SMILES string of the molecule is CCCC1=CCC(C=CCCc2ccc(-c3ccc(C)cc3)c(F)c2F)CC1. The van der Waals surface area contributed by atoms with Gasteiger partial charge in [0.15, 0.2) is 11.6 Å². The van der Waals surface area contributed by atoms with Crippen molar-refractivity contribution < 1.29 is 8.78 Å². The molecule has 1 unspecified atom stereocenters. The van der Waals surface area contributed by atoms with Gasteiger partial charge in [-0.15, -0.1) is 0 Å². The Kier molecular flexibility index (Phi) is 7.19. The maximum atomic E-state index is 14.5. The van der Waals surface area contributed by atoms with Gasteiger partial charge in [-0.25, -0.2) is 8.78 Å². The summed E-state index contributed by atoms with van der Waals surface area (Å²) in [7, 11) is 0. The van der Waals surface area contributed by atoms with E-state index in [1.807, 2.05) is 31.2 Å². The minimum Gasteiger partial charge on any atom is -0.203 e. The molecule has 0 amide bonds. The Morgan fingerprint density at radius 2 is 1.79 bits per heavy atom. The van der Waals surface area contributed by atoms with Gasteiger partial charge in [-0.1, -0.05) is 79.1 Å². The van der Waals surface area contributed by atoms with Gasteiger partial charge >= 0.3 is 0 Å². The van der Waals surface area contributed by atoms with Crippen molar-refractivity contribution in [2.24, 2.45) is 5.92 Å². The fourth-order valence-corrected chi connectivity index (χ4v) is 3.90. The maximum absolute atomic E-state index is 14.5. The highest BCUT2D eigenvalue weighted by atomic mass is 19.2. The lowest BCUT2D eigenvalue weighted by molar-refractivity contribution is 0.501. The molecule has 2 aromatic carbocycles. The van der Waals surface area contributed by atoms with Gasteiger partial charge in [0, 0.05) is 5.56 Å². The molecule has 28 heavy (non-hydrogen) atoms. The Bertz CT molecular complexity index is 843. The molecule has 0 aliphatic heterocycles. The van der Waals surface area contributed by atoms with Crippen LogP contribution in [0.25, 0.3) is 11.1 Å². The highest BCUT2D eigenvalue weighted by molar-refractivity contribution is 5.65. The van der Waals surface area contributed by atoms with Crippen molar-refractivity contribution in [1.82, 2.24) is 0 Å². The lowest BCUT2D eigenvalue weighted by atomic mass is 9.87. The van der Waals surface area contributed by atoms with Gasteiger partial charge in [0.1, 0.15) is 0 Å². The lowest BCUT2D eigenvalue weighted by Gasteiger charge is -2.18. The molecule has 0 heterocycles. The number of hydrogen-bond acceptors (Lipinski definition) is 0. The summed E-state index contributed by atoms with van der Waals surface area (Å²) in [6, 6.07) is 10.9. The van der Waals surface area contributed by atoms with Gasteiger partial charge in [0.2, 0.25) is 0 Å². The van der Waals surface area contributed by atoms with E-state index in [0.29, 0.717) is 29.0 Å². The van der Waals surface area contributed by atoms with Crippen LogP contribution in [0, 0.1) is 24.5 Å². The zero-order valence-corrected chi connectivity index (χ0v) is 17.0. The number of benzene rings is 2. The van der Waals surface area contributed by atoms with Crippen molar-refractivity contribution in [2.45, 2.75) is 58.8 Å². The van der Waals surface area contributed by atoms with Crippen LogP contribution in [0.1, 0.15) is 56.6 Å². The van der Waals surface area contributed by atoms with Crippen molar-refractivity contribution in [2.75, 3.05) is 0 Å². The normalized spacial score (nSPS) is 17.1. The van der Waals surface area contributed by atoms with Crippen LogP contribution >= 0.6 is 0 Å². The minimum atomic E-state index is -0.744. The summed E-state index contributed by atoms with van der Waals surface area (Å²) in [6.07, 6.45) is 14.0. The predicted octanol–water partition coefficient (Wildman–Crippen LogP) is 7.96. The molecule has 0 radical (unpaired) electrons. The van der Waals surface area contributed by atoms with E-state index >= 15 is 0 Å². The van der Waals surface area contributed by atoms with Crippen LogP contribution in [0.2, 0.25) is 0 Å². The van der Waals surface area contributed by atoms with Crippen molar-refractivity contribution in [3.8, 4) is 11.1 Å². The third-order valence-corrected chi connectivity index (χ3v) is 5.63. The summed E-state index contributed by atoms with van der Waals surface area (Å²) in [5.74, 6) is -0.867. The predicted molar refractivity (Wildman–Crippen MR) is 114 cm³/mol. The van der Waals surface area contributed by atoms with Crippen LogP contribution in [0.5, 0.6) is 0 Å². The third-order valence-electron chi connectivity index (χ3n) is 5.63. The fourth-order valence-electron chi connectivity index (χ4n) is 3.90. The first-order valence-corrected chi connectivity index (χ1v) is 10.5. The molecule has 0 saturated heterocycles. The Morgan fingerprint density at radius 1 is 1.00 bits per heavy atom. The Balaban J connectivity index is 1.58. The molecular weight excluding hydrogens is 350 g/mol. The number of halogens is 2. The van der Waals surface area contributed by atoms with Gasteiger partial charge in [-0.2, -0.15) is 0 Å². The summed E-state index contributed by atoms with van der Waals surface area (Å²) >= 11 is 0. The maximum Gasteiger partial charge on any atom is 0.166 e. The van der Waals surface area contributed by atoms with Crippen LogP contribution in [-0.4, -0.2) is 0 Å². The van der Waals surface area contributed by atoms with Crippen molar-refractivity contribution in [3.63, 3.8) is 0 Å². The first-order chi connectivity index (χ1) is 13.6. The van der Waals surface area contributed by atoms with Crippen LogP contribution in [0.15, 0.2) is 60.2 Å². The molecule has 0 bridgehead atoms. The first kappa shape index (κ1) is 20.5. The molecule has 2 heteroatoms. The molecule has 0 nitrogen and oxygen atoms in total. The van der Waals surface area contributed by atoms with Crippen LogP contribution in [0.4, 0.5) is 8.78 Å². The largest absolute Gasteiger partial charge is 0.203 e. The average Bonchev–Trinajstić information content (AvgIpc) is 2.71. The van der Waals surface area contributed by atoms with Gasteiger partial charge in [-0.05, 0) is 62.5 Å². The average molecular weight is 381 g/mol. The van der Waals surface area contributed by atoms with E-state index in [9.17, 15) is 8.78 Å². The second-order valence-corrected chi connectivity index (χ2v) is 7.88. The number of hydrogen-bond donors (Lipinski definition) is 0. The van der Waals surface area contributed by atoms with Gasteiger partial charge in [-0.3, -0.25) is 0 Å². The van der Waals surface area contributed by atoms with Gasteiger partial charge in [0.25, 0.3) is 0 Å². The highest BCUT2D eigenvalue weighted by Crippen LogP contribution is 2.29. The molecule has 0 spiro atoms. The van der Waals surface area contributed by atoms with Crippen LogP contribution < -0.4 is 0 Å². The molecule has 1 atom stereocenters. The smallest absolute Gasteiger partial charge is 0.166 e. The molecule has 1 aliphatic carbocycles. The van der Waals surface area contributed by atoms with E-state index in [4.69, 9.17) is 0 Å². The zero-order valence-electron chi connectivity index (χ0n) is 17.0. The summed E-state index contributed by atoms with van der Waals surface area (Å²) in [6.45, 7) is 4.20. The topological polar surface area (TPSA) is 0 Å². The minimum absolute atomic E-state index is 0.327. The Labute approximate surface area is 168 Å². The summed E-state index contributed by atoms with van der Waals surface area (Å²) in [5, 5.41) is 0. The summed E-state index contributed by atoms with van der Waals surface area (Å²) < 4.78 is 29.1. The van der Waals surface area contributed by atoms with Gasteiger partial charge < -0.3 is 0 Å². The van der Waals surface area contributed by atoms with Gasteiger partial charge in [0.05, 0.1) is 0 Å². The quantitative estimate of drug-likeness (QED) is 0.427. The van der Waals surface area contributed by atoms with Crippen molar-refractivity contribution in [1.29, 1.82) is 0 Å². The van der Waals surface area contributed by atoms with E-state index in [0.717, 1.165) is 18.4 Å². The summed E-state index contributed by atoms with van der Waals surface area (Å²) in [5.41, 5.74) is 4.18. The second-order valence-electron chi connectivity index (χ2n) is 7.88. The van der Waals surface area contributed by atoms with Crippen molar-refractivity contribution >= 4 is 0 Å². The molecule has 0 fully saturated rings. The lowest BCUT2D eigenvalue weighted by Crippen LogP contribution is -2.03. The molecule has 148 valence electrons. The molecule has 3 rings (SSSR count). The Morgan fingerprint density at radius 3 is 2.46 bits per heavy atom. The molecule has 0 aromatic heterocycles. The number of allylic oxidation sites excluding steroid dienone is 4. The molecule has 2 aromatic rings. The van der Waals surface area contributed by atoms with E-state index in [2.05, 4.69) is 25.2 Å². The van der Waals surface area contributed by atoms with E-state index in [-0.39, 0.29) is 0 Å². The monoisotopic (exact) mass is 380 g/mol. The first-order valence-electron chi connectivity index (χ1n) is 10.5. The van der Waals surface area contributed by atoms with E-state index < -0.39 is 11.6 Å². The highest BCUT2D eigenvalue weighted by Gasteiger charge is 2.14. The molecule has 1 aliphatic rings. The Hall–Kier alpha value is -2.22. The second kappa shape index (κ2) is 9.82. The van der Waals surface area contributed by atoms with Crippen LogP contribution in [0.3, 0.4) is 0 Å². The summed E-state index contributed by atoms with van der Waals surface area (Å²) in [4.78, 5) is 0. The van der Waals surface area contributed by atoms with Crippen molar-refractivity contribution in [3.05, 3.63) is 83.0 Å². The standard InChI is InChI=1S/C26H30F2/c1-3-6-20-11-13-21(14-12-20)7-4-5-8-23-17-18-24(26(28)25(23)27)22-15-9-19(2)10-16-22/h4,7,9-11,15-18,21H,3,5-6,8,12-14H2,1-2H3. The van der Waals surface area contributed by atoms with E-state index in [1.165, 1.54) is 25.7 Å². The van der Waals surface area contributed by atoms with E-state index in [1.54, 1.807) is 17.7 Å². The zero-order chi connectivity index (χ0) is 19.9. The van der Waals surface area contributed by atoms with Crippen LogP contribution in [-0.2, 0) is 6.42 Å². The third kappa shape index (κ3) is 5.19. The number of rotatable bonds is 7. The fraction of sp³-hybridized carbons (Fsp3) is 0.385. The molecule has 0 N–H and O–H groups in total. The molecular formula is C26H30F2. The molecule has 0 saturated carbocycles.